The van der Waals surface area contributed by atoms with Crippen LogP contribution < -0.4 is 14.8 Å². The molecule has 0 fully saturated rings. The molecule has 0 saturated carbocycles. The summed E-state index contributed by atoms with van der Waals surface area (Å²) >= 11 is 0. The fraction of sp³-hybridized carbons (Fsp3) is 0.444. The number of anilines is 1. The van der Waals surface area contributed by atoms with Gasteiger partial charge in [-0.25, -0.2) is 0 Å². The minimum absolute atomic E-state index is 0.147. The molecule has 1 aliphatic rings. The molecule has 1 aromatic heterocycles. The molecule has 0 atom stereocenters. The summed E-state index contributed by atoms with van der Waals surface area (Å²) in [6.45, 7) is 6.04. The first-order valence-corrected chi connectivity index (χ1v) is 8.35. The zero-order chi connectivity index (χ0) is 17.8. The first-order valence-electron chi connectivity index (χ1n) is 8.35. The van der Waals surface area contributed by atoms with Gasteiger partial charge in [-0.1, -0.05) is 25.1 Å². The van der Waals surface area contributed by atoms with E-state index in [1.165, 1.54) is 0 Å². The lowest BCUT2D eigenvalue weighted by Gasteiger charge is -2.20. The molecule has 25 heavy (non-hydrogen) atoms. The lowest BCUT2D eigenvalue weighted by Crippen LogP contribution is -2.29. The first kappa shape index (κ1) is 17.3. The number of carbonyl (C=O) groups excluding carboxylic acids is 1. The second-order valence-electron chi connectivity index (χ2n) is 6.47. The van der Waals surface area contributed by atoms with Gasteiger partial charge in [-0.15, -0.1) is 0 Å². The summed E-state index contributed by atoms with van der Waals surface area (Å²) < 4.78 is 16.2. The number of fused-ring (bicyclic) bond motifs is 1. The van der Waals surface area contributed by atoms with Gasteiger partial charge < -0.3 is 14.0 Å². The second kappa shape index (κ2) is 7.57. The van der Waals surface area contributed by atoms with Crippen LogP contribution in [0.2, 0.25) is 0 Å². The van der Waals surface area contributed by atoms with Crippen molar-refractivity contribution in [3.05, 3.63) is 35.5 Å². The summed E-state index contributed by atoms with van der Waals surface area (Å²) in [5, 5.41) is 6.66. The molecule has 3 rings (SSSR count). The van der Waals surface area contributed by atoms with Crippen LogP contribution in [0.3, 0.4) is 0 Å². The van der Waals surface area contributed by atoms with Gasteiger partial charge in [0, 0.05) is 12.6 Å². The van der Waals surface area contributed by atoms with Gasteiger partial charge in [-0.05, 0) is 30.7 Å². The summed E-state index contributed by atoms with van der Waals surface area (Å²) in [4.78, 5) is 14.1. The van der Waals surface area contributed by atoms with E-state index in [4.69, 9.17) is 14.0 Å². The minimum atomic E-state index is -0.147. The Morgan fingerprint density at radius 1 is 1.24 bits per heavy atom. The molecule has 0 unspecified atom stereocenters. The molecule has 1 aliphatic heterocycles. The number of hydrogen-bond donors (Lipinski definition) is 1. The topological polar surface area (TPSA) is 76.8 Å². The van der Waals surface area contributed by atoms with Gasteiger partial charge in [0.2, 0.25) is 11.8 Å². The Hall–Kier alpha value is -2.54. The molecule has 7 nitrogen and oxygen atoms in total. The van der Waals surface area contributed by atoms with Crippen molar-refractivity contribution in [2.24, 2.45) is 0 Å². The predicted molar refractivity (Wildman–Crippen MR) is 93.0 cm³/mol. The summed E-state index contributed by atoms with van der Waals surface area (Å²) in [6.07, 6.45) is 0. The third-order valence-corrected chi connectivity index (χ3v) is 3.86. The molecular formula is C18H23N3O4. The fourth-order valence-electron chi connectivity index (χ4n) is 2.60. The number of likely N-dealkylation sites (N-methyl/N-ethyl adjacent to an activating group) is 1. The van der Waals surface area contributed by atoms with Gasteiger partial charge in [0.1, 0.15) is 13.2 Å². The summed E-state index contributed by atoms with van der Waals surface area (Å²) in [6, 6.07) is 7.59. The average molecular weight is 345 g/mol. The van der Waals surface area contributed by atoms with Gasteiger partial charge in [0.15, 0.2) is 11.5 Å². The lowest BCUT2D eigenvalue weighted by atomic mass is 10.1. The lowest BCUT2D eigenvalue weighted by molar-refractivity contribution is -0.117. The molecule has 134 valence electrons. The molecule has 2 aromatic rings. The number of benzene rings is 1. The minimum Gasteiger partial charge on any atom is -0.486 e. The van der Waals surface area contributed by atoms with Gasteiger partial charge in [-0.2, -0.15) is 0 Å². The van der Waals surface area contributed by atoms with Gasteiger partial charge in [-0.3, -0.25) is 15.0 Å². The van der Waals surface area contributed by atoms with E-state index in [1.54, 1.807) is 6.07 Å². The Kier molecular flexibility index (Phi) is 5.23. The van der Waals surface area contributed by atoms with Crippen LogP contribution >= 0.6 is 0 Å². The van der Waals surface area contributed by atoms with Crippen molar-refractivity contribution in [1.82, 2.24) is 10.1 Å². The van der Waals surface area contributed by atoms with E-state index in [1.807, 2.05) is 44.0 Å². The van der Waals surface area contributed by atoms with Crippen LogP contribution in [-0.4, -0.2) is 42.8 Å². The number of nitrogens with one attached hydrogen (secondary N) is 1. The number of aromatic nitrogens is 1. The predicted octanol–water partition coefficient (Wildman–Crippen LogP) is 2.64. The molecule has 0 spiro atoms. The van der Waals surface area contributed by atoms with Crippen LogP contribution in [0.15, 0.2) is 28.8 Å². The SMILES string of the molecule is CC(C)c1cc(NC(=O)CN(C)Cc2ccc3c(c2)OCCO3)on1. The zero-order valence-corrected chi connectivity index (χ0v) is 14.7. The Bertz CT molecular complexity index is 742. The summed E-state index contributed by atoms with van der Waals surface area (Å²) in [7, 11) is 1.89. The smallest absolute Gasteiger partial charge is 0.240 e. The van der Waals surface area contributed by atoms with Crippen molar-refractivity contribution < 1.29 is 18.8 Å². The summed E-state index contributed by atoms with van der Waals surface area (Å²) in [5.41, 5.74) is 1.88. The summed E-state index contributed by atoms with van der Waals surface area (Å²) in [5.74, 6) is 2.01. The molecule has 2 heterocycles. The number of nitrogens with zero attached hydrogens (tertiary/aromatic N) is 2. The molecule has 0 saturated heterocycles. The van der Waals surface area contributed by atoms with Crippen molar-refractivity contribution in [3.63, 3.8) is 0 Å². The first-order chi connectivity index (χ1) is 12.0. The maximum absolute atomic E-state index is 12.1. The van der Waals surface area contributed by atoms with Crippen molar-refractivity contribution in [2.75, 3.05) is 32.1 Å². The maximum Gasteiger partial charge on any atom is 0.240 e. The standard InChI is InChI=1S/C18H23N3O4/c1-12(2)14-9-18(25-20-14)19-17(22)11-21(3)10-13-4-5-15-16(8-13)24-7-6-23-15/h4-5,8-9,12H,6-7,10-11H2,1-3H3,(H,19,22). The molecular weight excluding hydrogens is 322 g/mol. The highest BCUT2D eigenvalue weighted by molar-refractivity contribution is 5.90. The van der Waals surface area contributed by atoms with E-state index in [-0.39, 0.29) is 18.4 Å². The Balaban J connectivity index is 1.53. The van der Waals surface area contributed by atoms with E-state index >= 15 is 0 Å². The molecule has 1 amide bonds. The van der Waals surface area contributed by atoms with Crippen molar-refractivity contribution in [2.45, 2.75) is 26.3 Å². The van der Waals surface area contributed by atoms with Crippen LogP contribution in [-0.2, 0) is 11.3 Å². The van der Waals surface area contributed by atoms with Crippen LogP contribution in [0.25, 0.3) is 0 Å². The highest BCUT2D eigenvalue weighted by atomic mass is 16.6. The second-order valence-corrected chi connectivity index (χ2v) is 6.47. The average Bonchev–Trinajstić information content (AvgIpc) is 3.03. The Morgan fingerprint density at radius 2 is 2.00 bits per heavy atom. The van der Waals surface area contributed by atoms with E-state index in [0.717, 1.165) is 22.8 Å². The van der Waals surface area contributed by atoms with Crippen LogP contribution in [0.5, 0.6) is 11.5 Å². The molecule has 1 aromatic carbocycles. The highest BCUT2D eigenvalue weighted by Crippen LogP contribution is 2.31. The number of rotatable bonds is 6. The van der Waals surface area contributed by atoms with E-state index in [0.29, 0.717) is 25.6 Å². The quantitative estimate of drug-likeness (QED) is 0.867. The number of amides is 1. The number of ether oxygens (including phenoxy) is 2. The third-order valence-electron chi connectivity index (χ3n) is 3.86. The van der Waals surface area contributed by atoms with E-state index < -0.39 is 0 Å². The zero-order valence-electron chi connectivity index (χ0n) is 14.7. The normalized spacial score (nSPS) is 13.3. The molecule has 0 aliphatic carbocycles. The monoisotopic (exact) mass is 345 g/mol. The molecule has 7 heteroatoms. The van der Waals surface area contributed by atoms with Crippen LogP contribution in [0.4, 0.5) is 5.88 Å². The third kappa shape index (κ3) is 4.51. The fourth-order valence-corrected chi connectivity index (χ4v) is 2.60. The van der Waals surface area contributed by atoms with E-state index in [9.17, 15) is 4.79 Å². The Morgan fingerprint density at radius 3 is 2.72 bits per heavy atom. The molecule has 1 N–H and O–H groups in total. The van der Waals surface area contributed by atoms with E-state index in [2.05, 4.69) is 10.5 Å². The number of carbonyl (C=O) groups is 1. The van der Waals surface area contributed by atoms with Crippen molar-refractivity contribution in [3.8, 4) is 11.5 Å². The van der Waals surface area contributed by atoms with Crippen LogP contribution in [0.1, 0.15) is 31.0 Å². The van der Waals surface area contributed by atoms with Gasteiger partial charge in [0.05, 0.1) is 12.2 Å². The van der Waals surface area contributed by atoms with Crippen molar-refractivity contribution in [1.29, 1.82) is 0 Å². The van der Waals surface area contributed by atoms with Crippen molar-refractivity contribution >= 4 is 11.8 Å². The molecule has 0 bridgehead atoms. The maximum atomic E-state index is 12.1. The largest absolute Gasteiger partial charge is 0.486 e. The Labute approximate surface area is 146 Å². The highest BCUT2D eigenvalue weighted by Gasteiger charge is 2.15. The molecule has 0 radical (unpaired) electrons. The van der Waals surface area contributed by atoms with Crippen LogP contribution in [0, 0.1) is 0 Å². The number of hydrogen-bond acceptors (Lipinski definition) is 6. The van der Waals surface area contributed by atoms with Gasteiger partial charge >= 0.3 is 0 Å². The van der Waals surface area contributed by atoms with Gasteiger partial charge in [0.25, 0.3) is 0 Å².